The Bertz CT molecular complexity index is 178. The van der Waals surface area contributed by atoms with Crippen molar-refractivity contribution >= 4 is 6.09 Å². The monoisotopic (exact) mass is 185 g/mol. The van der Waals surface area contributed by atoms with Crippen LogP contribution in [0.3, 0.4) is 0 Å². The third-order valence-corrected chi connectivity index (χ3v) is 1.99. The van der Waals surface area contributed by atoms with Gasteiger partial charge in [0.1, 0.15) is 0 Å². The fourth-order valence-corrected chi connectivity index (χ4v) is 1.27. The first-order valence-corrected chi connectivity index (χ1v) is 4.91. The molecular formula is C10H19NO2. The van der Waals surface area contributed by atoms with E-state index in [0.29, 0.717) is 6.61 Å². The van der Waals surface area contributed by atoms with Crippen molar-refractivity contribution in [1.29, 1.82) is 0 Å². The maximum Gasteiger partial charge on any atom is 0.409 e. The van der Waals surface area contributed by atoms with Crippen molar-refractivity contribution in [3.63, 3.8) is 0 Å². The molecule has 0 aromatic carbocycles. The molecule has 0 aromatic heterocycles. The molecule has 1 fully saturated rings. The molecule has 0 saturated carbocycles. The Hall–Kier alpha value is -0.730. The van der Waals surface area contributed by atoms with Crippen LogP contribution in [0.5, 0.6) is 0 Å². The second-order valence-electron chi connectivity index (χ2n) is 4.81. The fraction of sp³-hybridized carbons (Fsp3) is 0.900. The molecule has 0 aliphatic carbocycles. The first kappa shape index (κ1) is 10.4. The molecule has 1 aliphatic rings. The smallest absolute Gasteiger partial charge is 0.409 e. The van der Waals surface area contributed by atoms with Crippen LogP contribution in [0, 0.1) is 5.41 Å². The highest BCUT2D eigenvalue weighted by atomic mass is 16.6. The third-order valence-electron chi connectivity index (χ3n) is 1.99. The Labute approximate surface area is 80.1 Å². The number of hydrogen-bond donors (Lipinski definition) is 0. The van der Waals surface area contributed by atoms with Crippen molar-refractivity contribution in [2.75, 3.05) is 19.7 Å². The van der Waals surface area contributed by atoms with Crippen molar-refractivity contribution in [1.82, 2.24) is 4.90 Å². The second kappa shape index (κ2) is 3.99. The van der Waals surface area contributed by atoms with Crippen LogP contribution in [0.2, 0.25) is 0 Å². The molecule has 0 atom stereocenters. The Morgan fingerprint density at radius 3 is 2.31 bits per heavy atom. The predicted octanol–water partition coefficient (Wildman–Crippen LogP) is 2.26. The summed E-state index contributed by atoms with van der Waals surface area (Å²) < 4.78 is 5.18. The molecular weight excluding hydrogens is 166 g/mol. The minimum Gasteiger partial charge on any atom is -0.449 e. The van der Waals surface area contributed by atoms with Gasteiger partial charge in [0.05, 0.1) is 6.61 Å². The van der Waals surface area contributed by atoms with Crippen LogP contribution in [0.25, 0.3) is 0 Å². The molecule has 3 nitrogen and oxygen atoms in total. The molecule has 0 unspecified atom stereocenters. The summed E-state index contributed by atoms with van der Waals surface area (Å²) in [6.45, 7) is 8.41. The van der Waals surface area contributed by atoms with Gasteiger partial charge in [-0.05, 0) is 18.3 Å². The fourth-order valence-electron chi connectivity index (χ4n) is 1.27. The van der Waals surface area contributed by atoms with Gasteiger partial charge in [-0.3, -0.25) is 0 Å². The molecule has 13 heavy (non-hydrogen) atoms. The Balaban J connectivity index is 2.25. The normalized spacial score (nSPS) is 17.6. The van der Waals surface area contributed by atoms with E-state index >= 15 is 0 Å². The molecule has 0 radical (unpaired) electrons. The lowest BCUT2D eigenvalue weighted by Crippen LogP contribution is -2.31. The summed E-state index contributed by atoms with van der Waals surface area (Å²) in [6.07, 6.45) is 2.09. The van der Waals surface area contributed by atoms with Crippen molar-refractivity contribution in [2.45, 2.75) is 33.6 Å². The number of nitrogens with zero attached hydrogens (tertiary/aromatic N) is 1. The van der Waals surface area contributed by atoms with Crippen LogP contribution in [-0.2, 0) is 4.74 Å². The van der Waals surface area contributed by atoms with Gasteiger partial charge in [-0.25, -0.2) is 4.79 Å². The van der Waals surface area contributed by atoms with Crippen molar-refractivity contribution in [3.05, 3.63) is 0 Å². The number of hydrogen-bond acceptors (Lipinski definition) is 2. The van der Waals surface area contributed by atoms with Gasteiger partial charge in [0, 0.05) is 13.1 Å². The zero-order chi connectivity index (χ0) is 9.90. The zero-order valence-corrected chi connectivity index (χ0v) is 8.80. The summed E-state index contributed by atoms with van der Waals surface area (Å²) in [5, 5.41) is 0. The van der Waals surface area contributed by atoms with E-state index in [0.717, 1.165) is 25.9 Å². The summed E-state index contributed by atoms with van der Waals surface area (Å²) in [5.74, 6) is 0. The van der Waals surface area contributed by atoms with Gasteiger partial charge in [-0.1, -0.05) is 20.8 Å². The van der Waals surface area contributed by atoms with Crippen LogP contribution in [-0.4, -0.2) is 30.7 Å². The quantitative estimate of drug-likeness (QED) is 0.627. The van der Waals surface area contributed by atoms with E-state index in [1.807, 2.05) is 0 Å². The first-order valence-electron chi connectivity index (χ1n) is 4.91. The number of ether oxygens (including phenoxy) is 1. The van der Waals surface area contributed by atoms with Gasteiger partial charge in [0.2, 0.25) is 0 Å². The van der Waals surface area contributed by atoms with Gasteiger partial charge in [-0.15, -0.1) is 0 Å². The molecule has 1 amide bonds. The number of carbonyl (C=O) groups excluding carboxylic acids is 1. The summed E-state index contributed by atoms with van der Waals surface area (Å²) >= 11 is 0. The highest BCUT2D eigenvalue weighted by Gasteiger charge is 2.21. The average molecular weight is 185 g/mol. The van der Waals surface area contributed by atoms with E-state index in [1.165, 1.54) is 0 Å². The largest absolute Gasteiger partial charge is 0.449 e. The van der Waals surface area contributed by atoms with E-state index in [9.17, 15) is 4.79 Å². The van der Waals surface area contributed by atoms with Gasteiger partial charge in [0.25, 0.3) is 0 Å². The second-order valence-corrected chi connectivity index (χ2v) is 4.81. The molecule has 3 heteroatoms. The number of amides is 1. The molecule has 0 spiro atoms. The van der Waals surface area contributed by atoms with Crippen molar-refractivity contribution < 1.29 is 9.53 Å². The number of rotatable bonds is 1. The number of carbonyl (C=O) groups is 1. The molecule has 1 aliphatic heterocycles. The Morgan fingerprint density at radius 1 is 1.31 bits per heavy atom. The molecule has 1 rings (SSSR count). The lowest BCUT2D eigenvalue weighted by atomic mass is 9.99. The Kier molecular flexibility index (Phi) is 3.17. The average Bonchev–Trinajstić information content (AvgIpc) is 2.50. The predicted molar refractivity (Wildman–Crippen MR) is 51.6 cm³/mol. The lowest BCUT2D eigenvalue weighted by molar-refractivity contribution is 0.0783. The minimum absolute atomic E-state index is 0.0649. The summed E-state index contributed by atoms with van der Waals surface area (Å²) in [4.78, 5) is 13.2. The highest BCUT2D eigenvalue weighted by molar-refractivity contribution is 5.67. The molecule has 0 bridgehead atoms. The van der Waals surface area contributed by atoms with E-state index in [2.05, 4.69) is 20.8 Å². The minimum atomic E-state index is -0.146. The maximum atomic E-state index is 11.4. The molecule has 1 heterocycles. The van der Waals surface area contributed by atoms with Crippen molar-refractivity contribution in [3.8, 4) is 0 Å². The molecule has 0 N–H and O–H groups in total. The molecule has 76 valence electrons. The first-order chi connectivity index (χ1) is 5.99. The van der Waals surface area contributed by atoms with Gasteiger partial charge in [-0.2, -0.15) is 0 Å². The summed E-state index contributed by atoms with van der Waals surface area (Å²) in [7, 11) is 0. The molecule has 1 saturated heterocycles. The van der Waals surface area contributed by atoms with Crippen LogP contribution >= 0.6 is 0 Å². The van der Waals surface area contributed by atoms with Gasteiger partial charge >= 0.3 is 6.09 Å². The zero-order valence-electron chi connectivity index (χ0n) is 8.80. The van der Waals surface area contributed by atoms with E-state index < -0.39 is 0 Å². The number of likely N-dealkylation sites (tertiary alicyclic amines) is 1. The summed E-state index contributed by atoms with van der Waals surface area (Å²) in [6, 6.07) is 0. The highest BCUT2D eigenvalue weighted by Crippen LogP contribution is 2.15. The lowest BCUT2D eigenvalue weighted by Gasteiger charge is -2.21. The third kappa shape index (κ3) is 3.66. The maximum absolute atomic E-state index is 11.4. The van der Waals surface area contributed by atoms with Crippen molar-refractivity contribution in [2.24, 2.45) is 5.41 Å². The summed E-state index contributed by atoms with van der Waals surface area (Å²) in [5.41, 5.74) is 0.0649. The SMILES string of the molecule is CC(C)(C)COC(=O)N1CCCC1. The van der Waals surface area contributed by atoms with Crippen LogP contribution in [0.1, 0.15) is 33.6 Å². The van der Waals surface area contributed by atoms with Gasteiger partial charge < -0.3 is 9.64 Å². The molecule has 0 aromatic rings. The van der Waals surface area contributed by atoms with Crippen LogP contribution in [0.15, 0.2) is 0 Å². The van der Waals surface area contributed by atoms with Crippen LogP contribution < -0.4 is 0 Å². The Morgan fingerprint density at radius 2 is 1.85 bits per heavy atom. The van der Waals surface area contributed by atoms with E-state index in [1.54, 1.807) is 4.90 Å². The topological polar surface area (TPSA) is 29.5 Å². The van der Waals surface area contributed by atoms with E-state index in [-0.39, 0.29) is 11.5 Å². The van der Waals surface area contributed by atoms with E-state index in [4.69, 9.17) is 4.74 Å². The van der Waals surface area contributed by atoms with Crippen LogP contribution in [0.4, 0.5) is 4.79 Å². The van der Waals surface area contributed by atoms with Gasteiger partial charge in [0.15, 0.2) is 0 Å². The standard InChI is InChI=1S/C10H19NO2/c1-10(2,3)8-13-9(12)11-6-4-5-7-11/h4-8H2,1-3H3.